The van der Waals surface area contributed by atoms with Crippen LogP contribution in [0.1, 0.15) is 11.1 Å². The van der Waals surface area contributed by atoms with Crippen molar-refractivity contribution in [3.05, 3.63) is 47.8 Å². The molecule has 0 amide bonds. The summed E-state index contributed by atoms with van der Waals surface area (Å²) < 4.78 is 10.3. The third-order valence-electron chi connectivity index (χ3n) is 2.72. The van der Waals surface area contributed by atoms with Gasteiger partial charge >= 0.3 is 0 Å². The average Bonchev–Trinajstić information content (AvgIpc) is 2.54. The Bertz CT molecular complexity index is 608. The van der Waals surface area contributed by atoms with Crippen molar-refractivity contribution in [2.24, 2.45) is 0 Å². The van der Waals surface area contributed by atoms with E-state index in [9.17, 15) is 0 Å². The summed E-state index contributed by atoms with van der Waals surface area (Å²) in [6, 6.07) is 9.27. The normalized spacial score (nSPS) is 9.90. The highest BCUT2D eigenvalue weighted by atomic mass is 16.5. The highest BCUT2D eigenvalue weighted by molar-refractivity contribution is 5.51. The first-order valence-corrected chi connectivity index (χ1v) is 6.49. The number of pyridine rings is 2. The zero-order valence-corrected chi connectivity index (χ0v) is 11.7. The standard InChI is InChI=1S/C15H16N4O2/c1-20-7-8-21-14-5-4-12(10-18-14)11-19-15-13(9-16)3-2-6-17-15/h2-6,10H,7-8,11H2,1H3,(H,17,19). The minimum atomic E-state index is 0.473. The monoisotopic (exact) mass is 284 g/mol. The summed E-state index contributed by atoms with van der Waals surface area (Å²) in [4.78, 5) is 8.34. The number of nitriles is 1. The third kappa shape index (κ3) is 4.44. The number of hydrogen-bond acceptors (Lipinski definition) is 6. The minimum absolute atomic E-state index is 0.473. The van der Waals surface area contributed by atoms with E-state index in [1.54, 1.807) is 37.7 Å². The predicted octanol–water partition coefficient (Wildman–Crippen LogP) is 1.99. The van der Waals surface area contributed by atoms with Gasteiger partial charge in [0.1, 0.15) is 18.5 Å². The predicted molar refractivity (Wildman–Crippen MR) is 77.9 cm³/mol. The number of methoxy groups -OCH3 is 1. The lowest BCUT2D eigenvalue weighted by Crippen LogP contribution is -2.06. The fourth-order valence-electron chi connectivity index (χ4n) is 1.65. The summed E-state index contributed by atoms with van der Waals surface area (Å²) in [6.07, 6.45) is 3.37. The van der Waals surface area contributed by atoms with Gasteiger partial charge in [-0.05, 0) is 17.7 Å². The van der Waals surface area contributed by atoms with E-state index >= 15 is 0 Å². The van der Waals surface area contributed by atoms with Gasteiger partial charge in [-0.25, -0.2) is 9.97 Å². The number of nitrogens with zero attached hydrogens (tertiary/aromatic N) is 3. The zero-order chi connectivity index (χ0) is 14.9. The van der Waals surface area contributed by atoms with Gasteiger partial charge in [-0.2, -0.15) is 5.26 Å². The van der Waals surface area contributed by atoms with E-state index < -0.39 is 0 Å². The Morgan fingerprint density at radius 2 is 2.14 bits per heavy atom. The first-order chi connectivity index (χ1) is 10.3. The SMILES string of the molecule is COCCOc1ccc(CNc2ncccc2C#N)cn1. The Morgan fingerprint density at radius 1 is 1.24 bits per heavy atom. The van der Waals surface area contributed by atoms with Gasteiger partial charge in [0.15, 0.2) is 0 Å². The first-order valence-electron chi connectivity index (χ1n) is 6.49. The molecule has 0 aliphatic rings. The van der Waals surface area contributed by atoms with Crippen molar-refractivity contribution in [3.63, 3.8) is 0 Å². The van der Waals surface area contributed by atoms with Gasteiger partial charge in [0.05, 0.1) is 12.2 Å². The quantitative estimate of drug-likeness (QED) is 0.783. The summed E-state index contributed by atoms with van der Waals surface area (Å²) in [5, 5.41) is 12.1. The molecule has 2 aromatic heterocycles. The highest BCUT2D eigenvalue weighted by Gasteiger charge is 2.02. The maximum Gasteiger partial charge on any atom is 0.213 e. The van der Waals surface area contributed by atoms with E-state index in [1.807, 2.05) is 6.07 Å². The molecule has 0 fully saturated rings. The molecular formula is C15H16N4O2. The summed E-state index contributed by atoms with van der Waals surface area (Å²) >= 11 is 0. The van der Waals surface area contributed by atoms with E-state index in [0.717, 1.165) is 5.56 Å². The molecule has 0 atom stereocenters. The van der Waals surface area contributed by atoms with E-state index in [0.29, 0.717) is 37.0 Å². The molecule has 1 N–H and O–H groups in total. The van der Waals surface area contributed by atoms with Crippen LogP contribution in [0.4, 0.5) is 5.82 Å². The first kappa shape index (κ1) is 14.8. The second kappa shape index (κ2) is 7.82. The summed E-state index contributed by atoms with van der Waals surface area (Å²) in [6.45, 7) is 1.54. The number of hydrogen-bond donors (Lipinski definition) is 1. The molecule has 0 aliphatic heterocycles. The molecular weight excluding hydrogens is 268 g/mol. The van der Waals surface area contributed by atoms with Gasteiger partial charge in [0.25, 0.3) is 0 Å². The molecule has 2 rings (SSSR count). The Hall–Kier alpha value is -2.65. The molecule has 6 heteroatoms. The van der Waals surface area contributed by atoms with Crippen molar-refractivity contribution in [3.8, 4) is 11.9 Å². The van der Waals surface area contributed by atoms with Gasteiger partial charge in [0, 0.05) is 32.1 Å². The molecule has 0 unspecified atom stereocenters. The maximum absolute atomic E-state index is 8.99. The van der Waals surface area contributed by atoms with Crippen molar-refractivity contribution in [1.82, 2.24) is 9.97 Å². The van der Waals surface area contributed by atoms with Crippen molar-refractivity contribution >= 4 is 5.82 Å². The summed E-state index contributed by atoms with van der Waals surface area (Å²) in [5.74, 6) is 1.13. The fourth-order valence-corrected chi connectivity index (χ4v) is 1.65. The van der Waals surface area contributed by atoms with Crippen molar-refractivity contribution in [1.29, 1.82) is 5.26 Å². The molecule has 2 heterocycles. The van der Waals surface area contributed by atoms with Crippen LogP contribution in [0.2, 0.25) is 0 Å². The second-order valence-electron chi connectivity index (χ2n) is 4.21. The van der Waals surface area contributed by atoms with E-state index in [4.69, 9.17) is 14.7 Å². The summed E-state index contributed by atoms with van der Waals surface area (Å²) in [7, 11) is 1.62. The lowest BCUT2D eigenvalue weighted by atomic mass is 10.2. The highest BCUT2D eigenvalue weighted by Crippen LogP contribution is 2.12. The lowest BCUT2D eigenvalue weighted by Gasteiger charge is -2.08. The molecule has 0 spiro atoms. The average molecular weight is 284 g/mol. The smallest absolute Gasteiger partial charge is 0.213 e. The molecule has 0 saturated heterocycles. The molecule has 0 bridgehead atoms. The van der Waals surface area contributed by atoms with Crippen LogP contribution < -0.4 is 10.1 Å². The second-order valence-corrected chi connectivity index (χ2v) is 4.21. The maximum atomic E-state index is 8.99. The lowest BCUT2D eigenvalue weighted by molar-refractivity contribution is 0.143. The van der Waals surface area contributed by atoms with Crippen molar-refractivity contribution in [2.75, 3.05) is 25.6 Å². The Morgan fingerprint density at radius 3 is 2.86 bits per heavy atom. The molecule has 6 nitrogen and oxygen atoms in total. The van der Waals surface area contributed by atoms with Gasteiger partial charge < -0.3 is 14.8 Å². The number of ether oxygens (including phenoxy) is 2. The van der Waals surface area contributed by atoms with Crippen molar-refractivity contribution in [2.45, 2.75) is 6.54 Å². The van der Waals surface area contributed by atoms with Crippen LogP contribution in [0.25, 0.3) is 0 Å². The molecule has 2 aromatic rings. The molecule has 0 aromatic carbocycles. The topological polar surface area (TPSA) is 80.1 Å². The fraction of sp³-hybridized carbons (Fsp3) is 0.267. The molecule has 21 heavy (non-hydrogen) atoms. The van der Waals surface area contributed by atoms with Gasteiger partial charge in [-0.3, -0.25) is 0 Å². The molecule has 0 aliphatic carbocycles. The van der Waals surface area contributed by atoms with Gasteiger partial charge in [-0.1, -0.05) is 6.07 Å². The van der Waals surface area contributed by atoms with Gasteiger partial charge in [-0.15, -0.1) is 0 Å². The Kier molecular flexibility index (Phi) is 5.50. The number of rotatable bonds is 7. The van der Waals surface area contributed by atoms with Crippen LogP contribution in [0.5, 0.6) is 5.88 Å². The van der Waals surface area contributed by atoms with Crippen LogP contribution >= 0.6 is 0 Å². The zero-order valence-electron chi connectivity index (χ0n) is 11.7. The van der Waals surface area contributed by atoms with Crippen LogP contribution in [0, 0.1) is 11.3 Å². The third-order valence-corrected chi connectivity index (χ3v) is 2.72. The molecule has 108 valence electrons. The van der Waals surface area contributed by atoms with Gasteiger partial charge in [0.2, 0.25) is 5.88 Å². The van der Waals surface area contributed by atoms with E-state index in [2.05, 4.69) is 21.4 Å². The van der Waals surface area contributed by atoms with E-state index in [1.165, 1.54) is 0 Å². The van der Waals surface area contributed by atoms with Crippen molar-refractivity contribution < 1.29 is 9.47 Å². The number of nitrogens with one attached hydrogen (secondary N) is 1. The van der Waals surface area contributed by atoms with Crippen LogP contribution in [-0.2, 0) is 11.3 Å². The minimum Gasteiger partial charge on any atom is -0.475 e. The number of anilines is 1. The summed E-state index contributed by atoms with van der Waals surface area (Å²) in [5.41, 5.74) is 1.49. The van der Waals surface area contributed by atoms with Crippen LogP contribution in [0.3, 0.4) is 0 Å². The van der Waals surface area contributed by atoms with E-state index in [-0.39, 0.29) is 0 Å². The Labute approximate surface area is 123 Å². The molecule has 0 saturated carbocycles. The van der Waals surface area contributed by atoms with Crippen LogP contribution in [-0.4, -0.2) is 30.3 Å². The van der Waals surface area contributed by atoms with Crippen LogP contribution in [0.15, 0.2) is 36.7 Å². The Balaban J connectivity index is 1.90. The largest absolute Gasteiger partial charge is 0.475 e. The number of aromatic nitrogens is 2. The molecule has 0 radical (unpaired) electrons.